The largest absolute Gasteiger partial charge is 0.489 e. The van der Waals surface area contributed by atoms with E-state index in [9.17, 15) is 9.59 Å². The molecule has 0 saturated heterocycles. The van der Waals surface area contributed by atoms with Gasteiger partial charge in [-0.2, -0.15) is 0 Å². The Morgan fingerprint density at radius 2 is 1.84 bits per heavy atom. The van der Waals surface area contributed by atoms with Crippen LogP contribution in [0.1, 0.15) is 12.5 Å². The molecule has 2 aromatic carbocycles. The maximum absolute atomic E-state index is 11.5. The molecule has 0 aliphatic carbocycles. The van der Waals surface area contributed by atoms with Crippen LogP contribution in [-0.2, 0) is 20.9 Å². The van der Waals surface area contributed by atoms with Gasteiger partial charge in [0.15, 0.2) is 11.7 Å². The molecule has 0 atom stereocenters. The van der Waals surface area contributed by atoms with E-state index in [0.717, 1.165) is 5.56 Å². The van der Waals surface area contributed by atoms with E-state index in [2.05, 4.69) is 15.4 Å². The number of hydrogen-bond donors (Lipinski definition) is 2. The standard InChI is InChI=1S/C18H18N2O4S/c1-13(21)23-12-17(22)20-18(25)19-15-8-5-9-16(10-15)24-11-14-6-3-2-4-7-14/h2-10H,11-12H2,1H3,(H2,19,20,22,25). The Morgan fingerprint density at radius 3 is 2.56 bits per heavy atom. The monoisotopic (exact) mass is 358 g/mol. The maximum atomic E-state index is 11.5. The number of anilines is 1. The van der Waals surface area contributed by atoms with Crippen LogP contribution in [0.15, 0.2) is 54.6 Å². The molecule has 2 aromatic rings. The lowest BCUT2D eigenvalue weighted by Gasteiger charge is -2.11. The Hall–Kier alpha value is -2.93. The second-order valence-corrected chi connectivity index (χ2v) is 5.49. The van der Waals surface area contributed by atoms with Crippen molar-refractivity contribution in [3.8, 4) is 5.75 Å². The Balaban J connectivity index is 1.85. The molecule has 0 aliphatic rings. The van der Waals surface area contributed by atoms with Gasteiger partial charge in [0.05, 0.1) is 0 Å². The molecule has 0 aliphatic heterocycles. The summed E-state index contributed by atoms with van der Waals surface area (Å²) in [5, 5.41) is 5.41. The number of carbonyl (C=O) groups excluding carboxylic acids is 2. The summed E-state index contributed by atoms with van der Waals surface area (Å²) < 4.78 is 10.3. The molecule has 0 heterocycles. The first-order valence-corrected chi connectivity index (χ1v) is 7.95. The normalized spacial score (nSPS) is 9.80. The van der Waals surface area contributed by atoms with Gasteiger partial charge < -0.3 is 14.8 Å². The Labute approximate surface area is 151 Å². The first kappa shape index (κ1) is 18.4. The number of benzene rings is 2. The quantitative estimate of drug-likeness (QED) is 0.611. The van der Waals surface area contributed by atoms with Crippen molar-refractivity contribution in [2.45, 2.75) is 13.5 Å². The lowest BCUT2D eigenvalue weighted by Crippen LogP contribution is -2.36. The molecule has 0 fully saturated rings. The van der Waals surface area contributed by atoms with Gasteiger partial charge >= 0.3 is 5.97 Å². The van der Waals surface area contributed by atoms with Crippen LogP contribution < -0.4 is 15.4 Å². The molecule has 0 unspecified atom stereocenters. The summed E-state index contributed by atoms with van der Waals surface area (Å²) in [7, 11) is 0. The van der Waals surface area contributed by atoms with E-state index in [1.54, 1.807) is 12.1 Å². The molecular weight excluding hydrogens is 340 g/mol. The number of nitrogens with one attached hydrogen (secondary N) is 2. The Bertz CT molecular complexity index is 750. The maximum Gasteiger partial charge on any atom is 0.303 e. The molecule has 0 radical (unpaired) electrons. The van der Waals surface area contributed by atoms with E-state index in [-0.39, 0.29) is 11.7 Å². The molecule has 0 aromatic heterocycles. The van der Waals surface area contributed by atoms with E-state index >= 15 is 0 Å². The van der Waals surface area contributed by atoms with Crippen LogP contribution >= 0.6 is 12.2 Å². The van der Waals surface area contributed by atoms with Gasteiger partial charge in [0.1, 0.15) is 12.4 Å². The summed E-state index contributed by atoms with van der Waals surface area (Å²) >= 11 is 5.05. The van der Waals surface area contributed by atoms with Crippen molar-refractivity contribution >= 4 is 34.9 Å². The molecule has 0 spiro atoms. The van der Waals surface area contributed by atoms with Crippen molar-refractivity contribution in [3.63, 3.8) is 0 Å². The van der Waals surface area contributed by atoms with E-state index in [1.807, 2.05) is 42.5 Å². The summed E-state index contributed by atoms with van der Waals surface area (Å²) in [6.07, 6.45) is 0. The smallest absolute Gasteiger partial charge is 0.303 e. The average molecular weight is 358 g/mol. The minimum atomic E-state index is -0.530. The molecular formula is C18H18N2O4S. The summed E-state index contributed by atoms with van der Waals surface area (Å²) in [5.41, 5.74) is 1.73. The molecule has 2 rings (SSSR count). The minimum Gasteiger partial charge on any atom is -0.489 e. The average Bonchev–Trinajstić information content (AvgIpc) is 2.59. The molecule has 1 amide bonds. The summed E-state index contributed by atoms with van der Waals surface area (Å²) in [6.45, 7) is 1.30. The highest BCUT2D eigenvalue weighted by Crippen LogP contribution is 2.18. The van der Waals surface area contributed by atoms with Crippen LogP contribution in [0.5, 0.6) is 5.75 Å². The Morgan fingerprint density at radius 1 is 1.08 bits per heavy atom. The third-order valence-corrected chi connectivity index (χ3v) is 3.20. The molecule has 25 heavy (non-hydrogen) atoms. The highest BCUT2D eigenvalue weighted by Gasteiger charge is 2.07. The van der Waals surface area contributed by atoms with Gasteiger partial charge in [0.2, 0.25) is 0 Å². The van der Waals surface area contributed by atoms with Crippen molar-refractivity contribution in [1.82, 2.24) is 5.32 Å². The fraction of sp³-hybridized carbons (Fsp3) is 0.167. The summed E-state index contributed by atoms with van der Waals surface area (Å²) in [5.74, 6) is -0.371. The van der Waals surface area contributed by atoms with Crippen LogP contribution in [0.3, 0.4) is 0 Å². The number of esters is 1. The molecule has 130 valence electrons. The third kappa shape index (κ3) is 7.01. The lowest BCUT2D eigenvalue weighted by atomic mass is 10.2. The van der Waals surface area contributed by atoms with Gasteiger partial charge in [-0.25, -0.2) is 0 Å². The first-order chi connectivity index (χ1) is 12.0. The van der Waals surface area contributed by atoms with Crippen molar-refractivity contribution in [1.29, 1.82) is 0 Å². The molecule has 6 nitrogen and oxygen atoms in total. The zero-order chi connectivity index (χ0) is 18.1. The lowest BCUT2D eigenvalue weighted by molar-refractivity contribution is -0.145. The third-order valence-electron chi connectivity index (χ3n) is 3.00. The molecule has 0 bridgehead atoms. The highest BCUT2D eigenvalue weighted by atomic mass is 32.1. The van der Waals surface area contributed by atoms with E-state index in [1.165, 1.54) is 6.92 Å². The second-order valence-electron chi connectivity index (χ2n) is 5.08. The van der Waals surface area contributed by atoms with Gasteiger partial charge in [0, 0.05) is 18.7 Å². The molecule has 7 heteroatoms. The van der Waals surface area contributed by atoms with Gasteiger partial charge in [-0.1, -0.05) is 36.4 Å². The molecule has 2 N–H and O–H groups in total. The van der Waals surface area contributed by atoms with Crippen molar-refractivity contribution in [2.24, 2.45) is 0 Å². The van der Waals surface area contributed by atoms with Gasteiger partial charge in [-0.15, -0.1) is 0 Å². The second kappa shape index (κ2) is 9.39. The Kier molecular flexibility index (Phi) is 6.91. The number of rotatable bonds is 6. The van der Waals surface area contributed by atoms with E-state index < -0.39 is 11.9 Å². The van der Waals surface area contributed by atoms with Crippen LogP contribution in [0.4, 0.5) is 5.69 Å². The summed E-state index contributed by atoms with van der Waals surface area (Å²) in [4.78, 5) is 22.2. The van der Waals surface area contributed by atoms with Crippen LogP contribution in [0.25, 0.3) is 0 Å². The zero-order valence-electron chi connectivity index (χ0n) is 13.7. The van der Waals surface area contributed by atoms with E-state index in [4.69, 9.17) is 17.0 Å². The van der Waals surface area contributed by atoms with E-state index in [0.29, 0.717) is 18.0 Å². The zero-order valence-corrected chi connectivity index (χ0v) is 14.5. The number of hydrogen-bond acceptors (Lipinski definition) is 5. The minimum absolute atomic E-state index is 0.109. The number of carbonyl (C=O) groups is 2. The van der Waals surface area contributed by atoms with Gasteiger partial charge in [-0.05, 0) is 29.9 Å². The van der Waals surface area contributed by atoms with Gasteiger partial charge in [0.25, 0.3) is 5.91 Å². The molecule has 0 saturated carbocycles. The predicted octanol–water partition coefficient (Wildman–Crippen LogP) is 2.64. The van der Waals surface area contributed by atoms with Gasteiger partial charge in [-0.3, -0.25) is 14.9 Å². The highest BCUT2D eigenvalue weighted by molar-refractivity contribution is 7.80. The number of amides is 1. The summed E-state index contributed by atoms with van der Waals surface area (Å²) in [6, 6.07) is 17.0. The first-order valence-electron chi connectivity index (χ1n) is 7.54. The SMILES string of the molecule is CC(=O)OCC(=O)NC(=S)Nc1cccc(OCc2ccccc2)c1. The predicted molar refractivity (Wildman–Crippen MR) is 98.2 cm³/mol. The fourth-order valence-corrected chi connectivity index (χ4v) is 2.13. The van der Waals surface area contributed by atoms with Crippen molar-refractivity contribution in [2.75, 3.05) is 11.9 Å². The number of ether oxygens (including phenoxy) is 2. The van der Waals surface area contributed by atoms with Crippen LogP contribution in [0, 0.1) is 0 Å². The number of thiocarbonyl (C=S) groups is 1. The van der Waals surface area contributed by atoms with Crippen LogP contribution in [0.2, 0.25) is 0 Å². The fourth-order valence-electron chi connectivity index (χ4n) is 1.90. The van der Waals surface area contributed by atoms with Crippen molar-refractivity contribution in [3.05, 3.63) is 60.2 Å². The van der Waals surface area contributed by atoms with Crippen LogP contribution in [-0.4, -0.2) is 23.6 Å². The topological polar surface area (TPSA) is 76.7 Å². The van der Waals surface area contributed by atoms with Crippen molar-refractivity contribution < 1.29 is 19.1 Å².